The van der Waals surface area contributed by atoms with Crippen LogP contribution >= 0.6 is 0 Å². The smallest absolute Gasteiger partial charge is 0.410 e. The number of nitroso groups, excluding NO2 is 1. The van der Waals surface area contributed by atoms with Gasteiger partial charge in [0.05, 0.1) is 0 Å². The van der Waals surface area contributed by atoms with Gasteiger partial charge in [-0.15, -0.1) is 4.91 Å². The molecule has 1 aliphatic heterocycles. The van der Waals surface area contributed by atoms with Crippen molar-refractivity contribution < 1.29 is 14.3 Å². The van der Waals surface area contributed by atoms with Gasteiger partial charge in [0.15, 0.2) is 0 Å². The van der Waals surface area contributed by atoms with Crippen LogP contribution in [0.15, 0.2) is 29.4 Å². The van der Waals surface area contributed by atoms with Crippen LogP contribution in [0, 0.1) is 4.91 Å². The van der Waals surface area contributed by atoms with Gasteiger partial charge in [-0.1, -0.05) is 0 Å². The Morgan fingerprint density at radius 3 is 2.27 bits per heavy atom. The maximum Gasteiger partial charge on any atom is 0.410 e. The third-order valence-corrected chi connectivity index (χ3v) is 3.34. The Kier molecular flexibility index (Phi) is 5.00. The molecule has 6 nitrogen and oxygen atoms in total. The summed E-state index contributed by atoms with van der Waals surface area (Å²) in [5.74, 6) is 0.711. The number of hydrogen-bond acceptors (Lipinski definition) is 5. The maximum atomic E-state index is 12.0. The van der Waals surface area contributed by atoms with Crippen molar-refractivity contribution in [1.82, 2.24) is 4.90 Å². The largest absolute Gasteiger partial charge is 0.490 e. The molecule has 1 aromatic carbocycles. The van der Waals surface area contributed by atoms with Gasteiger partial charge in [-0.2, -0.15) is 0 Å². The van der Waals surface area contributed by atoms with Gasteiger partial charge in [-0.3, -0.25) is 0 Å². The number of ether oxygens (including phenoxy) is 2. The van der Waals surface area contributed by atoms with Gasteiger partial charge in [0.1, 0.15) is 23.1 Å². The first-order valence-electron chi connectivity index (χ1n) is 7.45. The summed E-state index contributed by atoms with van der Waals surface area (Å²) in [7, 11) is 0. The van der Waals surface area contributed by atoms with Crippen molar-refractivity contribution in [2.45, 2.75) is 45.3 Å². The van der Waals surface area contributed by atoms with Crippen molar-refractivity contribution in [3.05, 3.63) is 29.2 Å². The van der Waals surface area contributed by atoms with E-state index in [1.807, 2.05) is 20.8 Å². The van der Waals surface area contributed by atoms with Gasteiger partial charge in [0.25, 0.3) is 0 Å². The van der Waals surface area contributed by atoms with Crippen LogP contribution in [-0.2, 0) is 4.74 Å². The molecule has 0 N–H and O–H groups in total. The molecule has 0 aliphatic carbocycles. The number of carbonyl (C=O) groups is 1. The molecule has 1 aromatic rings. The highest BCUT2D eigenvalue weighted by Gasteiger charge is 2.27. The second-order valence-electron chi connectivity index (χ2n) is 6.37. The van der Waals surface area contributed by atoms with Gasteiger partial charge >= 0.3 is 6.09 Å². The zero-order chi connectivity index (χ0) is 16.2. The number of benzene rings is 1. The fourth-order valence-electron chi connectivity index (χ4n) is 2.26. The third kappa shape index (κ3) is 4.72. The van der Waals surface area contributed by atoms with Gasteiger partial charge in [0, 0.05) is 25.9 Å². The van der Waals surface area contributed by atoms with Crippen LogP contribution in [0.25, 0.3) is 0 Å². The topological polar surface area (TPSA) is 68.2 Å². The van der Waals surface area contributed by atoms with E-state index >= 15 is 0 Å². The van der Waals surface area contributed by atoms with E-state index in [0.717, 1.165) is 12.8 Å². The van der Waals surface area contributed by atoms with Crippen LogP contribution in [0.3, 0.4) is 0 Å². The average molecular weight is 306 g/mol. The molecule has 0 saturated carbocycles. The van der Waals surface area contributed by atoms with Gasteiger partial charge < -0.3 is 14.4 Å². The summed E-state index contributed by atoms with van der Waals surface area (Å²) < 4.78 is 11.2. The molecule has 1 amide bonds. The van der Waals surface area contributed by atoms with E-state index in [9.17, 15) is 9.70 Å². The van der Waals surface area contributed by atoms with Crippen LogP contribution in [0.2, 0.25) is 0 Å². The Hall–Kier alpha value is -2.11. The minimum atomic E-state index is -0.473. The molecule has 0 spiro atoms. The number of amides is 1. The Morgan fingerprint density at radius 2 is 1.77 bits per heavy atom. The van der Waals surface area contributed by atoms with Gasteiger partial charge in [-0.25, -0.2) is 4.79 Å². The second kappa shape index (κ2) is 6.77. The van der Waals surface area contributed by atoms with E-state index in [4.69, 9.17) is 9.47 Å². The number of hydrogen-bond donors (Lipinski definition) is 0. The predicted octanol–water partition coefficient (Wildman–Crippen LogP) is 3.86. The molecular formula is C16H22N2O4. The quantitative estimate of drug-likeness (QED) is 0.795. The molecule has 1 saturated heterocycles. The summed E-state index contributed by atoms with van der Waals surface area (Å²) in [6, 6.07) is 6.71. The number of piperidine rings is 1. The molecule has 6 heteroatoms. The lowest BCUT2D eigenvalue weighted by atomic mass is 10.1. The molecule has 0 atom stereocenters. The molecular weight excluding hydrogens is 284 g/mol. The Bertz CT molecular complexity index is 514. The first-order chi connectivity index (χ1) is 10.4. The van der Waals surface area contributed by atoms with E-state index in [0.29, 0.717) is 24.5 Å². The lowest BCUT2D eigenvalue weighted by Gasteiger charge is -2.33. The van der Waals surface area contributed by atoms with E-state index < -0.39 is 5.60 Å². The minimum Gasteiger partial charge on any atom is -0.490 e. The van der Waals surface area contributed by atoms with Crippen molar-refractivity contribution in [3.63, 3.8) is 0 Å². The Balaban J connectivity index is 1.81. The van der Waals surface area contributed by atoms with Crippen molar-refractivity contribution in [2.75, 3.05) is 13.1 Å². The highest BCUT2D eigenvalue weighted by atomic mass is 16.6. The Labute approximate surface area is 130 Å². The van der Waals surface area contributed by atoms with Crippen molar-refractivity contribution >= 4 is 11.8 Å². The van der Waals surface area contributed by atoms with E-state index in [-0.39, 0.29) is 12.2 Å². The average Bonchev–Trinajstić information content (AvgIpc) is 2.47. The molecule has 120 valence electrons. The van der Waals surface area contributed by atoms with Gasteiger partial charge in [-0.05, 0) is 50.2 Å². The summed E-state index contributed by atoms with van der Waals surface area (Å²) >= 11 is 0. The molecule has 1 heterocycles. The lowest BCUT2D eigenvalue weighted by molar-refractivity contribution is 0.0126. The normalized spacial score (nSPS) is 16.2. The van der Waals surface area contributed by atoms with Crippen molar-refractivity contribution in [2.24, 2.45) is 5.18 Å². The fraction of sp³-hybridized carbons (Fsp3) is 0.562. The highest BCUT2D eigenvalue weighted by Crippen LogP contribution is 2.22. The lowest BCUT2D eigenvalue weighted by Crippen LogP contribution is -2.44. The van der Waals surface area contributed by atoms with Gasteiger partial charge in [0.2, 0.25) is 0 Å². The number of carbonyl (C=O) groups excluding carboxylic acids is 1. The maximum absolute atomic E-state index is 12.0. The zero-order valence-electron chi connectivity index (χ0n) is 13.2. The van der Waals surface area contributed by atoms with Crippen LogP contribution in [0.1, 0.15) is 33.6 Å². The highest BCUT2D eigenvalue weighted by molar-refractivity contribution is 5.68. The van der Waals surface area contributed by atoms with Crippen molar-refractivity contribution in [1.29, 1.82) is 0 Å². The molecule has 1 fully saturated rings. The minimum absolute atomic E-state index is 0.0636. The van der Waals surface area contributed by atoms with E-state index in [1.54, 1.807) is 29.2 Å². The first kappa shape index (κ1) is 16.3. The molecule has 2 rings (SSSR count). The predicted molar refractivity (Wildman–Crippen MR) is 83.4 cm³/mol. The number of nitrogens with zero attached hydrogens (tertiary/aromatic N) is 2. The fourth-order valence-corrected chi connectivity index (χ4v) is 2.26. The summed E-state index contributed by atoms with van der Waals surface area (Å²) in [6.45, 7) is 6.82. The molecule has 1 aliphatic rings. The molecule has 0 radical (unpaired) electrons. The van der Waals surface area contributed by atoms with E-state index in [2.05, 4.69) is 5.18 Å². The standard InChI is InChI=1S/C16H22N2O4/c1-16(2,3)22-15(19)18-10-8-14(9-11-18)21-13-6-4-12(17-20)5-7-13/h4-7,14H,8-11H2,1-3H3. The van der Waals surface area contributed by atoms with E-state index in [1.165, 1.54) is 0 Å². The van der Waals surface area contributed by atoms with Crippen LogP contribution in [0.4, 0.5) is 10.5 Å². The Morgan fingerprint density at radius 1 is 1.18 bits per heavy atom. The number of rotatable bonds is 3. The third-order valence-electron chi connectivity index (χ3n) is 3.34. The summed E-state index contributed by atoms with van der Waals surface area (Å²) in [5.41, 5.74) is -0.0918. The molecule has 0 unspecified atom stereocenters. The number of likely N-dealkylation sites (tertiary alicyclic amines) is 1. The SMILES string of the molecule is CC(C)(C)OC(=O)N1CCC(Oc2ccc(N=O)cc2)CC1. The first-order valence-corrected chi connectivity index (χ1v) is 7.45. The molecule has 0 bridgehead atoms. The summed E-state index contributed by atoms with van der Waals surface area (Å²) in [4.78, 5) is 24.1. The van der Waals surface area contributed by atoms with Crippen LogP contribution < -0.4 is 4.74 Å². The molecule has 0 aromatic heterocycles. The van der Waals surface area contributed by atoms with Crippen LogP contribution in [0.5, 0.6) is 5.75 Å². The van der Waals surface area contributed by atoms with Crippen LogP contribution in [-0.4, -0.2) is 35.8 Å². The zero-order valence-corrected chi connectivity index (χ0v) is 13.2. The molecule has 22 heavy (non-hydrogen) atoms. The summed E-state index contributed by atoms with van der Waals surface area (Å²) in [5, 5.41) is 2.85. The summed E-state index contributed by atoms with van der Waals surface area (Å²) in [6.07, 6.45) is 1.31. The monoisotopic (exact) mass is 306 g/mol. The van der Waals surface area contributed by atoms with Crippen molar-refractivity contribution in [3.8, 4) is 5.75 Å². The second-order valence-corrected chi connectivity index (χ2v) is 6.37.